The van der Waals surface area contributed by atoms with E-state index in [1.165, 1.54) is 0 Å². The highest BCUT2D eigenvalue weighted by Crippen LogP contribution is 2.30. The van der Waals surface area contributed by atoms with Crippen molar-refractivity contribution in [1.82, 2.24) is 9.62 Å². The summed E-state index contributed by atoms with van der Waals surface area (Å²) in [5, 5.41) is 0. The summed E-state index contributed by atoms with van der Waals surface area (Å²) in [6.45, 7) is 2.81. The van der Waals surface area contributed by atoms with Gasteiger partial charge in [-0.15, -0.1) is 0 Å². The van der Waals surface area contributed by atoms with E-state index in [9.17, 15) is 13.2 Å². The van der Waals surface area contributed by atoms with Crippen LogP contribution >= 0.6 is 0 Å². The Balaban J connectivity index is 1.87. The van der Waals surface area contributed by atoms with Crippen LogP contribution in [0.2, 0.25) is 0 Å². The number of rotatable bonds is 4. The van der Waals surface area contributed by atoms with Gasteiger partial charge in [-0.2, -0.15) is 0 Å². The Morgan fingerprint density at radius 3 is 2.35 bits per heavy atom. The fraction of sp³-hybridized carbons (Fsp3) is 0.923. The predicted octanol–water partition coefficient (Wildman–Crippen LogP) is 0.188. The zero-order valence-electron chi connectivity index (χ0n) is 12.1. The van der Waals surface area contributed by atoms with Crippen LogP contribution in [-0.2, 0) is 14.8 Å². The molecule has 2 rings (SSSR count). The minimum Gasteiger partial charge on any atom is -0.341 e. The van der Waals surface area contributed by atoms with E-state index in [0.29, 0.717) is 25.9 Å². The Labute approximate surface area is 121 Å². The van der Waals surface area contributed by atoms with Crippen molar-refractivity contribution in [3.8, 4) is 0 Å². The van der Waals surface area contributed by atoms with Gasteiger partial charge in [0.15, 0.2) is 0 Å². The number of sulfonamides is 1. The van der Waals surface area contributed by atoms with Gasteiger partial charge < -0.3 is 10.6 Å². The molecule has 0 aromatic carbocycles. The zero-order valence-corrected chi connectivity index (χ0v) is 12.9. The molecule has 0 unspecified atom stereocenters. The number of nitrogens with two attached hydrogens (primary N) is 1. The standard InChI is InChI=1S/C13H25N3O3S/c1-2-20(18,19)15-11-5-9-16(10-6-11)12(17)13(14)7-3-4-8-13/h11,15H,2-10,14H2,1H3. The summed E-state index contributed by atoms with van der Waals surface area (Å²) in [6.07, 6.45) is 4.93. The van der Waals surface area contributed by atoms with Crippen molar-refractivity contribution in [3.63, 3.8) is 0 Å². The lowest BCUT2D eigenvalue weighted by atomic mass is 9.95. The van der Waals surface area contributed by atoms with Gasteiger partial charge in [0.1, 0.15) is 0 Å². The van der Waals surface area contributed by atoms with Gasteiger partial charge >= 0.3 is 0 Å². The molecule has 1 saturated heterocycles. The number of hydrogen-bond donors (Lipinski definition) is 2. The lowest BCUT2D eigenvalue weighted by Gasteiger charge is -2.36. The van der Waals surface area contributed by atoms with Crippen molar-refractivity contribution in [2.45, 2.75) is 57.0 Å². The molecule has 6 nitrogen and oxygen atoms in total. The second kappa shape index (κ2) is 5.99. The molecule has 1 amide bonds. The van der Waals surface area contributed by atoms with E-state index in [0.717, 1.165) is 25.7 Å². The van der Waals surface area contributed by atoms with Crippen molar-refractivity contribution in [1.29, 1.82) is 0 Å². The third-order valence-electron chi connectivity index (χ3n) is 4.43. The number of nitrogens with zero attached hydrogens (tertiary/aromatic N) is 1. The second-order valence-corrected chi connectivity index (χ2v) is 7.99. The molecule has 7 heteroatoms. The highest BCUT2D eigenvalue weighted by Gasteiger charge is 2.40. The minimum absolute atomic E-state index is 0.0480. The maximum absolute atomic E-state index is 12.4. The summed E-state index contributed by atoms with van der Waals surface area (Å²) in [6, 6.07) is -0.0543. The molecule has 0 atom stereocenters. The largest absolute Gasteiger partial charge is 0.341 e. The van der Waals surface area contributed by atoms with Crippen molar-refractivity contribution in [2.75, 3.05) is 18.8 Å². The highest BCUT2D eigenvalue weighted by molar-refractivity contribution is 7.89. The van der Waals surface area contributed by atoms with E-state index in [1.807, 2.05) is 4.90 Å². The number of nitrogens with one attached hydrogen (secondary N) is 1. The monoisotopic (exact) mass is 303 g/mol. The van der Waals surface area contributed by atoms with Crippen LogP contribution in [0.1, 0.15) is 45.4 Å². The van der Waals surface area contributed by atoms with E-state index in [-0.39, 0.29) is 17.7 Å². The number of hydrogen-bond acceptors (Lipinski definition) is 4. The van der Waals surface area contributed by atoms with Gasteiger partial charge in [0.05, 0.1) is 11.3 Å². The van der Waals surface area contributed by atoms with Crippen LogP contribution < -0.4 is 10.5 Å². The molecule has 0 aromatic heterocycles. The Bertz CT molecular complexity index is 449. The molecule has 0 spiro atoms. The number of piperidine rings is 1. The molecule has 0 bridgehead atoms. The van der Waals surface area contributed by atoms with Crippen LogP contribution in [0.15, 0.2) is 0 Å². The molecule has 3 N–H and O–H groups in total. The van der Waals surface area contributed by atoms with Gasteiger partial charge in [-0.3, -0.25) is 4.79 Å². The molecule has 1 saturated carbocycles. The Morgan fingerprint density at radius 2 is 1.85 bits per heavy atom. The SMILES string of the molecule is CCS(=O)(=O)NC1CCN(C(=O)C2(N)CCCC2)CC1. The first-order valence-electron chi connectivity index (χ1n) is 7.44. The summed E-state index contributed by atoms with van der Waals surface area (Å²) < 4.78 is 25.7. The predicted molar refractivity (Wildman–Crippen MR) is 77.6 cm³/mol. The normalized spacial score (nSPS) is 24.0. The molecular formula is C13H25N3O3S. The topological polar surface area (TPSA) is 92.5 Å². The summed E-state index contributed by atoms with van der Waals surface area (Å²) in [7, 11) is -3.16. The average Bonchev–Trinajstić information content (AvgIpc) is 2.87. The van der Waals surface area contributed by atoms with Gasteiger partial charge in [0.2, 0.25) is 15.9 Å². The van der Waals surface area contributed by atoms with Gasteiger partial charge in [-0.1, -0.05) is 12.8 Å². The van der Waals surface area contributed by atoms with Crippen LogP contribution in [-0.4, -0.2) is 49.6 Å². The zero-order chi connectivity index (χ0) is 14.8. The number of carbonyl (C=O) groups excluding carboxylic acids is 1. The van der Waals surface area contributed by atoms with Gasteiger partial charge in [0.25, 0.3) is 0 Å². The van der Waals surface area contributed by atoms with Crippen LogP contribution in [0, 0.1) is 0 Å². The molecule has 1 heterocycles. The summed E-state index contributed by atoms with van der Waals surface area (Å²) in [4.78, 5) is 14.2. The quantitative estimate of drug-likeness (QED) is 0.775. The van der Waals surface area contributed by atoms with Crippen LogP contribution in [0.3, 0.4) is 0 Å². The Kier molecular flexibility index (Phi) is 4.71. The lowest BCUT2D eigenvalue weighted by molar-refractivity contribution is -0.137. The van der Waals surface area contributed by atoms with Crippen molar-refractivity contribution in [3.05, 3.63) is 0 Å². The molecule has 2 fully saturated rings. The van der Waals surface area contributed by atoms with Crippen molar-refractivity contribution < 1.29 is 13.2 Å². The first kappa shape index (κ1) is 15.7. The molecular weight excluding hydrogens is 278 g/mol. The first-order chi connectivity index (χ1) is 9.36. The highest BCUT2D eigenvalue weighted by atomic mass is 32.2. The molecule has 0 aromatic rings. The molecule has 1 aliphatic carbocycles. The number of carbonyl (C=O) groups is 1. The second-order valence-electron chi connectivity index (χ2n) is 5.95. The van der Waals surface area contributed by atoms with E-state index in [2.05, 4.69) is 4.72 Å². The van der Waals surface area contributed by atoms with Crippen LogP contribution in [0.5, 0.6) is 0 Å². The third-order valence-corrected chi connectivity index (χ3v) is 5.88. The molecule has 0 radical (unpaired) electrons. The third kappa shape index (κ3) is 3.51. The molecule has 2 aliphatic rings. The summed E-state index contributed by atoms with van der Waals surface area (Å²) in [5.41, 5.74) is 5.52. The number of amides is 1. The smallest absolute Gasteiger partial charge is 0.242 e. The first-order valence-corrected chi connectivity index (χ1v) is 9.10. The maximum Gasteiger partial charge on any atom is 0.242 e. The van der Waals surface area contributed by atoms with Gasteiger partial charge in [0, 0.05) is 19.1 Å². The van der Waals surface area contributed by atoms with Gasteiger partial charge in [-0.25, -0.2) is 13.1 Å². The van der Waals surface area contributed by atoms with E-state index >= 15 is 0 Å². The van der Waals surface area contributed by atoms with E-state index in [1.54, 1.807) is 6.92 Å². The maximum atomic E-state index is 12.4. The Morgan fingerprint density at radius 1 is 1.30 bits per heavy atom. The van der Waals surface area contributed by atoms with E-state index in [4.69, 9.17) is 5.73 Å². The fourth-order valence-electron chi connectivity index (χ4n) is 3.07. The van der Waals surface area contributed by atoms with Crippen molar-refractivity contribution >= 4 is 15.9 Å². The average molecular weight is 303 g/mol. The van der Waals surface area contributed by atoms with Crippen molar-refractivity contribution in [2.24, 2.45) is 5.73 Å². The van der Waals surface area contributed by atoms with Crippen LogP contribution in [0.25, 0.3) is 0 Å². The van der Waals surface area contributed by atoms with Gasteiger partial charge in [-0.05, 0) is 32.6 Å². The summed E-state index contributed by atoms with van der Waals surface area (Å²) >= 11 is 0. The number of likely N-dealkylation sites (tertiary alicyclic amines) is 1. The minimum atomic E-state index is -3.16. The molecule has 116 valence electrons. The van der Waals surface area contributed by atoms with E-state index < -0.39 is 15.6 Å². The van der Waals surface area contributed by atoms with Crippen LogP contribution in [0.4, 0.5) is 0 Å². The Hall–Kier alpha value is -0.660. The fourth-order valence-corrected chi connectivity index (χ4v) is 3.98. The summed E-state index contributed by atoms with van der Waals surface area (Å²) in [5.74, 6) is 0.143. The lowest BCUT2D eigenvalue weighted by Crippen LogP contribution is -2.56. The molecule has 1 aliphatic heterocycles. The molecule has 20 heavy (non-hydrogen) atoms.